The first-order valence-corrected chi connectivity index (χ1v) is 12.7. The second-order valence-electron chi connectivity index (χ2n) is 8.97. The third kappa shape index (κ3) is 5.53. The second kappa shape index (κ2) is 10.8. The van der Waals surface area contributed by atoms with Crippen LogP contribution in [0.5, 0.6) is 0 Å². The zero-order valence-corrected chi connectivity index (χ0v) is 20.2. The number of hydrogen-bond donors (Lipinski definition) is 1. The highest BCUT2D eigenvalue weighted by molar-refractivity contribution is 7.08. The zero-order valence-electron chi connectivity index (χ0n) is 19.4. The van der Waals surface area contributed by atoms with E-state index < -0.39 is 6.04 Å². The van der Waals surface area contributed by atoms with E-state index in [1.165, 1.54) is 6.42 Å². The molecule has 0 spiro atoms. The van der Waals surface area contributed by atoms with Crippen LogP contribution < -0.4 is 10.2 Å². The van der Waals surface area contributed by atoms with Crippen molar-refractivity contribution in [1.82, 2.24) is 5.32 Å². The molecule has 4 rings (SSSR count). The summed E-state index contributed by atoms with van der Waals surface area (Å²) in [5, 5.41) is 7.27. The second-order valence-corrected chi connectivity index (χ2v) is 9.75. The molecule has 0 saturated heterocycles. The molecule has 1 atom stereocenters. The van der Waals surface area contributed by atoms with Crippen LogP contribution in [0.1, 0.15) is 60.4 Å². The molecule has 0 aliphatic heterocycles. The molecule has 1 heterocycles. The number of rotatable bonds is 7. The van der Waals surface area contributed by atoms with Crippen LogP contribution in [0.3, 0.4) is 0 Å². The Kier molecular flexibility index (Phi) is 7.61. The van der Waals surface area contributed by atoms with Crippen molar-refractivity contribution in [3.8, 4) is 0 Å². The summed E-state index contributed by atoms with van der Waals surface area (Å²) < 4.78 is 0. The van der Waals surface area contributed by atoms with Crippen LogP contribution in [0, 0.1) is 13.8 Å². The van der Waals surface area contributed by atoms with Gasteiger partial charge in [0, 0.05) is 6.04 Å². The molecule has 5 heteroatoms. The number of carbonyl (C=O) groups is 2. The van der Waals surface area contributed by atoms with Crippen molar-refractivity contribution in [3.63, 3.8) is 0 Å². The maximum Gasteiger partial charge on any atom is 0.248 e. The molecule has 3 aromatic rings. The van der Waals surface area contributed by atoms with E-state index >= 15 is 0 Å². The van der Waals surface area contributed by atoms with Gasteiger partial charge in [-0.3, -0.25) is 14.5 Å². The lowest BCUT2D eigenvalue weighted by Gasteiger charge is -2.35. The maximum atomic E-state index is 13.9. The molecular formula is C28H32N2O2S. The van der Waals surface area contributed by atoms with E-state index in [1.54, 1.807) is 16.2 Å². The highest BCUT2D eigenvalue weighted by Crippen LogP contribution is 2.34. The number of aryl methyl sites for hydroxylation is 2. The fraction of sp³-hybridized carbons (Fsp3) is 0.357. The van der Waals surface area contributed by atoms with Crippen molar-refractivity contribution in [2.75, 3.05) is 4.90 Å². The first kappa shape index (κ1) is 23.2. The maximum absolute atomic E-state index is 13.9. The van der Waals surface area contributed by atoms with Gasteiger partial charge >= 0.3 is 0 Å². The lowest BCUT2D eigenvalue weighted by molar-refractivity contribution is -0.127. The van der Waals surface area contributed by atoms with Crippen molar-refractivity contribution in [2.45, 2.75) is 64.5 Å². The van der Waals surface area contributed by atoms with E-state index in [0.717, 1.165) is 53.6 Å². The van der Waals surface area contributed by atoms with E-state index in [0.29, 0.717) is 0 Å². The van der Waals surface area contributed by atoms with Crippen LogP contribution in [-0.4, -0.2) is 17.9 Å². The standard InChI is InChI=1S/C28H32N2O2S/c1-20-10-9-11-21(2)26(20)30(25(31)18-22-16-17-33-19-22)27(23-12-5-3-6-13-23)28(32)29-24-14-7-4-8-15-24/h3,5-6,9-13,16-17,19,24,27H,4,7-8,14-15,18H2,1-2H3,(H,29,32)/t27-/m0/s1. The van der Waals surface area contributed by atoms with Crippen LogP contribution in [0.4, 0.5) is 5.69 Å². The van der Waals surface area contributed by atoms with Gasteiger partial charge in [0.25, 0.3) is 0 Å². The van der Waals surface area contributed by atoms with Gasteiger partial charge in [0.15, 0.2) is 0 Å². The highest BCUT2D eigenvalue weighted by atomic mass is 32.1. The quantitative estimate of drug-likeness (QED) is 0.461. The molecule has 2 aromatic carbocycles. The Morgan fingerprint density at radius 1 is 0.970 bits per heavy atom. The summed E-state index contributed by atoms with van der Waals surface area (Å²) in [4.78, 5) is 29.5. The lowest BCUT2D eigenvalue weighted by atomic mass is 9.94. The molecule has 1 aliphatic carbocycles. The average molecular weight is 461 g/mol. The van der Waals surface area contributed by atoms with Gasteiger partial charge in [0.2, 0.25) is 11.8 Å². The molecule has 1 N–H and O–H groups in total. The number of amides is 2. The molecule has 0 unspecified atom stereocenters. The van der Waals surface area contributed by atoms with Crippen LogP contribution >= 0.6 is 11.3 Å². The molecule has 1 aliphatic rings. The summed E-state index contributed by atoms with van der Waals surface area (Å²) >= 11 is 1.58. The van der Waals surface area contributed by atoms with E-state index in [2.05, 4.69) is 5.32 Å². The zero-order chi connectivity index (χ0) is 23.2. The Hall–Kier alpha value is -2.92. The summed E-state index contributed by atoms with van der Waals surface area (Å²) in [7, 11) is 0. The minimum absolute atomic E-state index is 0.0709. The van der Waals surface area contributed by atoms with Crippen molar-refractivity contribution < 1.29 is 9.59 Å². The van der Waals surface area contributed by atoms with Crippen LogP contribution in [-0.2, 0) is 16.0 Å². The van der Waals surface area contributed by atoms with Crippen molar-refractivity contribution >= 4 is 28.8 Å². The van der Waals surface area contributed by atoms with Gasteiger partial charge in [-0.25, -0.2) is 0 Å². The molecule has 0 bridgehead atoms. The SMILES string of the molecule is Cc1cccc(C)c1N(C(=O)Cc1ccsc1)[C@H](C(=O)NC1CCCCC1)c1ccccc1. The number of para-hydroxylation sites is 1. The Morgan fingerprint density at radius 2 is 1.67 bits per heavy atom. The molecule has 1 fully saturated rings. The van der Waals surface area contributed by atoms with Gasteiger partial charge in [-0.05, 0) is 65.8 Å². The largest absolute Gasteiger partial charge is 0.351 e. The first-order chi connectivity index (χ1) is 16.0. The minimum Gasteiger partial charge on any atom is -0.351 e. The molecule has 0 radical (unpaired) electrons. The molecule has 33 heavy (non-hydrogen) atoms. The van der Waals surface area contributed by atoms with Gasteiger partial charge < -0.3 is 5.32 Å². The van der Waals surface area contributed by atoms with Crippen molar-refractivity contribution in [2.24, 2.45) is 0 Å². The molecule has 2 amide bonds. The predicted octanol–water partition coefficient (Wildman–Crippen LogP) is 6.13. The third-order valence-corrected chi connectivity index (χ3v) is 7.19. The van der Waals surface area contributed by atoms with Crippen molar-refractivity contribution in [1.29, 1.82) is 0 Å². The summed E-state index contributed by atoms with van der Waals surface area (Å²) in [5.74, 6) is -0.173. The Morgan fingerprint density at radius 3 is 2.30 bits per heavy atom. The number of anilines is 1. The number of thiophene rings is 1. The molecule has 4 nitrogen and oxygen atoms in total. The highest BCUT2D eigenvalue weighted by Gasteiger charge is 2.35. The monoisotopic (exact) mass is 460 g/mol. The third-order valence-electron chi connectivity index (χ3n) is 6.46. The van der Waals surface area contributed by atoms with Gasteiger partial charge in [0.05, 0.1) is 12.1 Å². The number of nitrogens with one attached hydrogen (secondary N) is 1. The minimum atomic E-state index is -0.723. The van der Waals surface area contributed by atoms with E-state index in [-0.39, 0.29) is 24.3 Å². The Balaban J connectivity index is 1.78. The van der Waals surface area contributed by atoms with Crippen LogP contribution in [0.15, 0.2) is 65.4 Å². The number of nitrogens with zero attached hydrogens (tertiary/aromatic N) is 1. The van der Waals surface area contributed by atoms with E-state index in [9.17, 15) is 9.59 Å². The fourth-order valence-electron chi connectivity index (χ4n) is 4.82. The van der Waals surface area contributed by atoms with E-state index in [1.807, 2.05) is 79.2 Å². The van der Waals surface area contributed by atoms with Gasteiger partial charge in [-0.1, -0.05) is 67.8 Å². The number of benzene rings is 2. The summed E-state index contributed by atoms with van der Waals surface area (Å²) in [6.45, 7) is 4.02. The fourth-order valence-corrected chi connectivity index (χ4v) is 5.49. The van der Waals surface area contributed by atoms with E-state index in [4.69, 9.17) is 0 Å². The van der Waals surface area contributed by atoms with Gasteiger partial charge in [-0.15, -0.1) is 0 Å². The summed E-state index contributed by atoms with van der Waals surface area (Å²) in [5.41, 5.74) is 4.60. The normalized spacial score (nSPS) is 15.1. The molecule has 172 valence electrons. The lowest BCUT2D eigenvalue weighted by Crippen LogP contribution is -2.48. The van der Waals surface area contributed by atoms with Crippen molar-refractivity contribution in [3.05, 3.63) is 87.6 Å². The van der Waals surface area contributed by atoms with Crippen LogP contribution in [0.2, 0.25) is 0 Å². The number of carbonyl (C=O) groups excluding carboxylic acids is 2. The van der Waals surface area contributed by atoms with Gasteiger partial charge in [0.1, 0.15) is 6.04 Å². The summed E-state index contributed by atoms with van der Waals surface area (Å²) in [6, 6.07) is 17.1. The Labute approximate surface area is 200 Å². The van der Waals surface area contributed by atoms with Crippen LogP contribution in [0.25, 0.3) is 0 Å². The summed E-state index contributed by atoms with van der Waals surface area (Å²) in [6.07, 6.45) is 5.76. The smallest absolute Gasteiger partial charge is 0.248 e. The molecule has 1 saturated carbocycles. The first-order valence-electron chi connectivity index (χ1n) is 11.8. The predicted molar refractivity (Wildman–Crippen MR) is 136 cm³/mol. The Bertz CT molecular complexity index is 1050. The average Bonchev–Trinajstić information content (AvgIpc) is 3.32. The topological polar surface area (TPSA) is 49.4 Å². The molecule has 1 aromatic heterocycles. The number of hydrogen-bond acceptors (Lipinski definition) is 3. The van der Waals surface area contributed by atoms with Gasteiger partial charge in [-0.2, -0.15) is 11.3 Å². The molecular weight excluding hydrogens is 428 g/mol.